The van der Waals surface area contributed by atoms with Gasteiger partial charge in [0, 0.05) is 5.69 Å². The second kappa shape index (κ2) is 9.70. The Labute approximate surface area is 188 Å². The summed E-state index contributed by atoms with van der Waals surface area (Å²) in [4.78, 5) is 24.4. The van der Waals surface area contributed by atoms with E-state index in [2.05, 4.69) is 26.1 Å². The SMILES string of the molecule is CCOC(=O)c1ccc(NC(=O)CN(c2ccc(C(C)(C)C)cc2)S(C)(=O)=O)cc1Cl. The van der Waals surface area contributed by atoms with Crippen LogP contribution in [0.1, 0.15) is 43.6 Å². The lowest BCUT2D eigenvalue weighted by Gasteiger charge is -2.24. The molecule has 31 heavy (non-hydrogen) atoms. The zero-order valence-electron chi connectivity index (χ0n) is 18.2. The predicted molar refractivity (Wildman–Crippen MR) is 123 cm³/mol. The zero-order chi connectivity index (χ0) is 23.4. The van der Waals surface area contributed by atoms with Gasteiger partial charge in [-0.15, -0.1) is 0 Å². The number of amides is 1. The van der Waals surface area contributed by atoms with Gasteiger partial charge in [-0.2, -0.15) is 0 Å². The molecule has 9 heteroatoms. The van der Waals surface area contributed by atoms with Gasteiger partial charge in [0.05, 0.1) is 29.1 Å². The van der Waals surface area contributed by atoms with E-state index >= 15 is 0 Å². The summed E-state index contributed by atoms with van der Waals surface area (Å²) in [6.45, 7) is 7.66. The van der Waals surface area contributed by atoms with Crippen LogP contribution in [0.25, 0.3) is 0 Å². The molecule has 0 aliphatic rings. The van der Waals surface area contributed by atoms with Crippen LogP contribution in [0.15, 0.2) is 42.5 Å². The molecule has 0 saturated heterocycles. The van der Waals surface area contributed by atoms with Crippen LogP contribution >= 0.6 is 11.6 Å². The Morgan fingerprint density at radius 1 is 1.10 bits per heavy atom. The first-order valence-corrected chi connectivity index (χ1v) is 11.9. The minimum absolute atomic E-state index is 0.0825. The van der Waals surface area contributed by atoms with E-state index in [1.165, 1.54) is 18.2 Å². The van der Waals surface area contributed by atoms with Crippen molar-refractivity contribution < 1.29 is 22.7 Å². The molecule has 0 radical (unpaired) electrons. The Balaban J connectivity index is 2.19. The van der Waals surface area contributed by atoms with Crippen molar-refractivity contribution in [3.8, 4) is 0 Å². The normalized spacial score (nSPS) is 11.7. The molecule has 0 heterocycles. The molecule has 0 unspecified atom stereocenters. The maximum absolute atomic E-state index is 12.5. The smallest absolute Gasteiger partial charge is 0.339 e. The van der Waals surface area contributed by atoms with Crippen LogP contribution in [0.5, 0.6) is 0 Å². The van der Waals surface area contributed by atoms with Crippen molar-refractivity contribution in [1.82, 2.24) is 0 Å². The fourth-order valence-corrected chi connectivity index (χ4v) is 3.94. The fraction of sp³-hybridized carbons (Fsp3) is 0.364. The van der Waals surface area contributed by atoms with E-state index in [1.54, 1.807) is 19.1 Å². The van der Waals surface area contributed by atoms with Crippen molar-refractivity contribution >= 4 is 44.9 Å². The summed E-state index contributed by atoms with van der Waals surface area (Å²) in [6.07, 6.45) is 1.04. The van der Waals surface area contributed by atoms with Crippen molar-refractivity contribution in [1.29, 1.82) is 0 Å². The maximum atomic E-state index is 12.5. The van der Waals surface area contributed by atoms with Gasteiger partial charge in [0.15, 0.2) is 0 Å². The summed E-state index contributed by atoms with van der Waals surface area (Å²) < 4.78 is 30.6. The van der Waals surface area contributed by atoms with E-state index in [0.29, 0.717) is 11.4 Å². The highest BCUT2D eigenvalue weighted by Crippen LogP contribution is 2.26. The molecule has 2 rings (SSSR count). The lowest BCUT2D eigenvalue weighted by Crippen LogP contribution is -2.37. The molecular formula is C22H27ClN2O5S. The van der Waals surface area contributed by atoms with Crippen molar-refractivity contribution in [2.45, 2.75) is 33.1 Å². The first kappa shape index (κ1) is 24.7. The largest absolute Gasteiger partial charge is 0.462 e. The molecule has 2 aromatic rings. The molecule has 1 amide bonds. The summed E-state index contributed by atoms with van der Waals surface area (Å²) >= 11 is 6.11. The average molecular weight is 467 g/mol. The van der Waals surface area contributed by atoms with Crippen molar-refractivity contribution in [2.75, 3.05) is 29.0 Å². The quantitative estimate of drug-likeness (QED) is 0.616. The summed E-state index contributed by atoms with van der Waals surface area (Å²) in [5.74, 6) is -1.11. The lowest BCUT2D eigenvalue weighted by molar-refractivity contribution is -0.114. The number of sulfonamides is 1. The molecule has 0 aliphatic heterocycles. The van der Waals surface area contributed by atoms with Gasteiger partial charge in [-0.05, 0) is 48.2 Å². The number of ether oxygens (including phenoxy) is 1. The Morgan fingerprint density at radius 3 is 2.19 bits per heavy atom. The van der Waals surface area contributed by atoms with E-state index < -0.39 is 28.4 Å². The average Bonchev–Trinajstić information content (AvgIpc) is 2.65. The summed E-state index contributed by atoms with van der Waals surface area (Å²) in [7, 11) is -3.70. The topological polar surface area (TPSA) is 92.8 Å². The zero-order valence-corrected chi connectivity index (χ0v) is 19.8. The highest BCUT2D eigenvalue weighted by Gasteiger charge is 2.22. The van der Waals surface area contributed by atoms with Crippen LogP contribution in [-0.4, -0.2) is 39.7 Å². The molecule has 0 aromatic heterocycles. The van der Waals surface area contributed by atoms with Crippen LogP contribution in [0.3, 0.4) is 0 Å². The number of nitrogens with zero attached hydrogens (tertiary/aromatic N) is 1. The standard InChI is InChI=1S/C22H27ClN2O5S/c1-6-30-21(27)18-12-9-16(13-19(18)23)24-20(26)14-25(31(5,28)29)17-10-7-15(8-11-17)22(2,3)4/h7-13H,6,14H2,1-5H3,(H,24,26). The van der Waals surface area contributed by atoms with E-state index in [0.717, 1.165) is 16.1 Å². The molecule has 0 atom stereocenters. The molecule has 0 saturated carbocycles. The number of halogens is 1. The van der Waals surface area contributed by atoms with Crippen LogP contribution in [0.2, 0.25) is 5.02 Å². The third-order valence-corrected chi connectivity index (χ3v) is 5.91. The molecule has 168 valence electrons. The first-order chi connectivity index (χ1) is 14.3. The molecule has 0 fully saturated rings. The number of carbonyl (C=O) groups is 2. The fourth-order valence-electron chi connectivity index (χ4n) is 2.83. The second-order valence-corrected chi connectivity index (χ2v) is 10.3. The second-order valence-electron chi connectivity index (χ2n) is 8.03. The van der Waals surface area contributed by atoms with Crippen LogP contribution in [0.4, 0.5) is 11.4 Å². The van der Waals surface area contributed by atoms with Crippen LogP contribution < -0.4 is 9.62 Å². The third-order valence-electron chi connectivity index (χ3n) is 4.46. The number of carbonyl (C=O) groups excluding carboxylic acids is 2. The van der Waals surface area contributed by atoms with E-state index in [1.807, 2.05) is 12.1 Å². The third kappa shape index (κ3) is 6.70. The first-order valence-electron chi connectivity index (χ1n) is 9.67. The monoisotopic (exact) mass is 466 g/mol. The van der Waals surface area contributed by atoms with Crippen molar-refractivity contribution in [3.63, 3.8) is 0 Å². The van der Waals surface area contributed by atoms with Gasteiger partial charge in [-0.25, -0.2) is 13.2 Å². The summed E-state index contributed by atoms with van der Waals surface area (Å²) in [5, 5.41) is 2.73. The Morgan fingerprint density at radius 2 is 1.71 bits per heavy atom. The summed E-state index contributed by atoms with van der Waals surface area (Å²) in [5.41, 5.74) is 1.87. The van der Waals surface area contributed by atoms with Gasteiger partial charge in [0.2, 0.25) is 15.9 Å². The van der Waals surface area contributed by atoms with Gasteiger partial charge in [0.1, 0.15) is 6.54 Å². The molecular weight excluding hydrogens is 440 g/mol. The van der Waals surface area contributed by atoms with E-state index in [-0.39, 0.29) is 22.6 Å². The van der Waals surface area contributed by atoms with E-state index in [4.69, 9.17) is 16.3 Å². The van der Waals surface area contributed by atoms with Crippen molar-refractivity contribution in [3.05, 3.63) is 58.6 Å². The van der Waals surface area contributed by atoms with E-state index in [9.17, 15) is 18.0 Å². The highest BCUT2D eigenvalue weighted by atomic mass is 35.5. The lowest BCUT2D eigenvalue weighted by atomic mass is 9.87. The number of esters is 1. The number of anilines is 2. The van der Waals surface area contributed by atoms with Gasteiger partial charge >= 0.3 is 5.97 Å². The molecule has 1 N–H and O–H groups in total. The number of hydrogen-bond donors (Lipinski definition) is 1. The van der Waals surface area contributed by atoms with Gasteiger partial charge < -0.3 is 10.1 Å². The van der Waals surface area contributed by atoms with Crippen LogP contribution in [-0.2, 0) is 25.0 Å². The minimum Gasteiger partial charge on any atom is -0.462 e. The molecule has 0 spiro atoms. The van der Waals surface area contributed by atoms with Crippen LogP contribution in [0, 0.1) is 0 Å². The molecule has 7 nitrogen and oxygen atoms in total. The van der Waals surface area contributed by atoms with Gasteiger partial charge in [-0.1, -0.05) is 44.5 Å². The van der Waals surface area contributed by atoms with Crippen molar-refractivity contribution in [2.24, 2.45) is 0 Å². The minimum atomic E-state index is -3.70. The molecule has 0 bridgehead atoms. The number of benzene rings is 2. The number of hydrogen-bond acceptors (Lipinski definition) is 5. The van der Waals surface area contributed by atoms with Gasteiger partial charge in [0.25, 0.3) is 0 Å². The predicted octanol–water partition coefficient (Wildman–Crippen LogP) is 4.22. The molecule has 2 aromatic carbocycles. The Kier molecular flexibility index (Phi) is 7.72. The number of nitrogens with one attached hydrogen (secondary N) is 1. The Bertz CT molecular complexity index is 1060. The van der Waals surface area contributed by atoms with Gasteiger partial charge in [-0.3, -0.25) is 9.10 Å². The molecule has 0 aliphatic carbocycles. The summed E-state index contributed by atoms with van der Waals surface area (Å²) in [6, 6.07) is 11.4. The highest BCUT2D eigenvalue weighted by molar-refractivity contribution is 7.92. The number of rotatable bonds is 7. The maximum Gasteiger partial charge on any atom is 0.339 e. The Hall–Kier alpha value is -2.58.